The molecule has 1 amide bonds. The van der Waals surface area contributed by atoms with Crippen LogP contribution in [0.5, 0.6) is 0 Å². The molecule has 0 atom stereocenters. The molecule has 1 aliphatic heterocycles. The number of carbonyl (C=O) groups is 1. The number of halogens is 2. The van der Waals surface area contributed by atoms with Crippen LogP contribution < -0.4 is 4.90 Å². The Bertz CT molecular complexity index is 971. The highest BCUT2D eigenvalue weighted by Crippen LogP contribution is 2.31. The van der Waals surface area contributed by atoms with E-state index in [1.165, 1.54) is 11.3 Å². The van der Waals surface area contributed by atoms with Gasteiger partial charge >= 0.3 is 0 Å². The minimum Gasteiger partial charge on any atom is -0.379 e. The van der Waals surface area contributed by atoms with Gasteiger partial charge in [0.15, 0.2) is 10.8 Å². The zero-order chi connectivity index (χ0) is 19.5. The van der Waals surface area contributed by atoms with Crippen molar-refractivity contribution >= 4 is 56.6 Å². The minimum atomic E-state index is -0.134. The number of ether oxygens (including phenoxy) is 1. The number of nitrogens with zero attached hydrogens (tertiary/aromatic N) is 5. The predicted octanol–water partition coefficient (Wildman–Crippen LogP) is 3.57. The van der Waals surface area contributed by atoms with Crippen LogP contribution in [0.3, 0.4) is 0 Å². The summed E-state index contributed by atoms with van der Waals surface area (Å²) in [6.45, 7) is 7.24. The lowest BCUT2D eigenvalue weighted by Crippen LogP contribution is -2.43. The van der Waals surface area contributed by atoms with Crippen LogP contribution in [0.2, 0.25) is 5.02 Å². The van der Waals surface area contributed by atoms with Crippen LogP contribution in [-0.4, -0.2) is 65.0 Å². The normalized spacial score (nSPS) is 14.7. The average molecular weight is 456 g/mol. The summed E-state index contributed by atoms with van der Waals surface area (Å²) in [6.07, 6.45) is 1.82. The maximum absolute atomic E-state index is 13.2. The first-order valence-corrected chi connectivity index (χ1v) is 10.5. The number of amides is 1. The largest absolute Gasteiger partial charge is 0.379 e. The number of anilines is 1. The number of fused-ring (bicyclic) bond motifs is 1. The van der Waals surface area contributed by atoms with Crippen molar-refractivity contribution in [3.05, 3.63) is 41.2 Å². The molecule has 1 saturated heterocycles. The van der Waals surface area contributed by atoms with E-state index in [-0.39, 0.29) is 18.3 Å². The Balaban J connectivity index is 0.00000240. The lowest BCUT2D eigenvalue weighted by molar-refractivity contribution is 0.0391. The number of hydrogen-bond acceptors (Lipinski definition) is 6. The highest BCUT2D eigenvalue weighted by Gasteiger charge is 2.24. The minimum absolute atomic E-state index is 0. The third-order valence-corrected chi connectivity index (χ3v) is 6.02. The number of aryl methyl sites for hydroxylation is 1. The SMILES string of the molecule is CCn1ccc(C(=O)N(CCN2CCOCC2)c2nc3ccc(Cl)cc3s2)n1.Cl. The van der Waals surface area contributed by atoms with E-state index < -0.39 is 0 Å². The van der Waals surface area contributed by atoms with E-state index in [1.54, 1.807) is 15.6 Å². The molecule has 0 N–H and O–H groups in total. The number of aromatic nitrogens is 3. The van der Waals surface area contributed by atoms with Crippen LogP contribution in [-0.2, 0) is 11.3 Å². The highest BCUT2D eigenvalue weighted by atomic mass is 35.5. The first-order chi connectivity index (χ1) is 13.6. The molecule has 7 nitrogen and oxygen atoms in total. The Labute approximate surface area is 184 Å². The van der Waals surface area contributed by atoms with Crippen molar-refractivity contribution in [3.63, 3.8) is 0 Å². The van der Waals surface area contributed by atoms with Crippen molar-refractivity contribution in [2.45, 2.75) is 13.5 Å². The van der Waals surface area contributed by atoms with Gasteiger partial charge in [-0.1, -0.05) is 22.9 Å². The van der Waals surface area contributed by atoms with Crippen molar-refractivity contribution in [3.8, 4) is 0 Å². The molecule has 2 aromatic heterocycles. The third-order valence-electron chi connectivity index (χ3n) is 4.74. The molecule has 1 fully saturated rings. The molecule has 1 aliphatic rings. The molecule has 1 aromatic carbocycles. The van der Waals surface area contributed by atoms with Gasteiger partial charge in [0.05, 0.1) is 23.4 Å². The summed E-state index contributed by atoms with van der Waals surface area (Å²) in [5.41, 5.74) is 1.27. The first-order valence-electron chi connectivity index (χ1n) is 9.35. The van der Waals surface area contributed by atoms with E-state index in [9.17, 15) is 4.79 Å². The lowest BCUT2D eigenvalue weighted by atomic mass is 10.3. The van der Waals surface area contributed by atoms with Crippen molar-refractivity contribution in [2.75, 3.05) is 44.3 Å². The average Bonchev–Trinajstić information content (AvgIpc) is 3.35. The van der Waals surface area contributed by atoms with E-state index in [0.29, 0.717) is 22.4 Å². The molecule has 0 spiro atoms. The predicted molar refractivity (Wildman–Crippen MR) is 119 cm³/mol. The Morgan fingerprint density at radius 2 is 2.10 bits per heavy atom. The summed E-state index contributed by atoms with van der Waals surface area (Å²) in [5, 5.41) is 5.72. The van der Waals surface area contributed by atoms with Gasteiger partial charge in [-0.3, -0.25) is 19.3 Å². The van der Waals surface area contributed by atoms with Gasteiger partial charge in [-0.2, -0.15) is 5.10 Å². The van der Waals surface area contributed by atoms with E-state index >= 15 is 0 Å². The molecule has 4 rings (SSSR count). The van der Waals surface area contributed by atoms with Crippen LogP contribution in [0.25, 0.3) is 10.2 Å². The molecule has 29 heavy (non-hydrogen) atoms. The second kappa shape index (κ2) is 9.86. The maximum Gasteiger partial charge on any atom is 0.280 e. The summed E-state index contributed by atoms with van der Waals surface area (Å²) in [7, 11) is 0. The highest BCUT2D eigenvalue weighted by molar-refractivity contribution is 7.22. The number of morpholine rings is 1. The summed E-state index contributed by atoms with van der Waals surface area (Å²) in [6, 6.07) is 7.34. The molecule has 0 aliphatic carbocycles. The van der Waals surface area contributed by atoms with E-state index in [4.69, 9.17) is 16.3 Å². The van der Waals surface area contributed by atoms with Crippen LogP contribution in [0.4, 0.5) is 5.13 Å². The van der Waals surface area contributed by atoms with Crippen LogP contribution in [0.15, 0.2) is 30.5 Å². The molecule has 3 heterocycles. The van der Waals surface area contributed by atoms with Gasteiger partial charge in [-0.15, -0.1) is 12.4 Å². The molecule has 156 valence electrons. The number of benzene rings is 1. The van der Waals surface area contributed by atoms with Crippen molar-refractivity contribution in [1.29, 1.82) is 0 Å². The quantitative estimate of drug-likeness (QED) is 0.568. The van der Waals surface area contributed by atoms with Gasteiger partial charge in [0, 0.05) is 43.9 Å². The van der Waals surface area contributed by atoms with E-state index in [0.717, 1.165) is 49.6 Å². The van der Waals surface area contributed by atoms with Gasteiger partial charge in [-0.05, 0) is 31.2 Å². The summed E-state index contributed by atoms with van der Waals surface area (Å²) >= 11 is 7.59. The molecular weight excluding hydrogens is 433 g/mol. The first kappa shape index (κ1) is 22.0. The standard InChI is InChI=1S/C19H22ClN5O2S.ClH/c1-2-24-6-5-16(22-24)18(26)25(8-7-23-9-11-27-12-10-23)19-21-15-4-3-14(20)13-17(15)28-19;/h3-6,13H,2,7-12H2,1H3;1H. The van der Waals surface area contributed by atoms with Gasteiger partial charge in [-0.25, -0.2) is 4.98 Å². The van der Waals surface area contributed by atoms with E-state index in [1.807, 2.05) is 31.3 Å². The molecular formula is C19H23Cl2N5O2S. The summed E-state index contributed by atoms with van der Waals surface area (Å²) < 4.78 is 8.14. The van der Waals surface area contributed by atoms with Crippen molar-refractivity contribution in [2.24, 2.45) is 0 Å². The van der Waals surface area contributed by atoms with Gasteiger partial charge in [0.1, 0.15) is 0 Å². The number of carbonyl (C=O) groups excluding carboxylic acids is 1. The molecule has 10 heteroatoms. The topological polar surface area (TPSA) is 63.5 Å². The fourth-order valence-corrected chi connectivity index (χ4v) is 4.41. The van der Waals surface area contributed by atoms with Gasteiger partial charge in [0.2, 0.25) is 0 Å². The second-order valence-corrected chi connectivity index (χ2v) is 8.02. The summed E-state index contributed by atoms with van der Waals surface area (Å²) in [4.78, 5) is 22.0. The molecule has 0 unspecified atom stereocenters. The molecule has 3 aromatic rings. The second-order valence-electron chi connectivity index (χ2n) is 6.58. The van der Waals surface area contributed by atoms with Gasteiger partial charge < -0.3 is 4.74 Å². The zero-order valence-corrected chi connectivity index (χ0v) is 18.5. The fraction of sp³-hybridized carbons (Fsp3) is 0.421. The van der Waals surface area contributed by atoms with Crippen molar-refractivity contribution in [1.82, 2.24) is 19.7 Å². The Morgan fingerprint density at radius 3 is 2.83 bits per heavy atom. The Kier molecular flexibility index (Phi) is 7.48. The summed E-state index contributed by atoms with van der Waals surface area (Å²) in [5.74, 6) is -0.134. The lowest BCUT2D eigenvalue weighted by Gasteiger charge is -2.29. The fourth-order valence-electron chi connectivity index (χ4n) is 3.14. The molecule has 0 bridgehead atoms. The zero-order valence-electron chi connectivity index (χ0n) is 16.1. The Morgan fingerprint density at radius 1 is 1.31 bits per heavy atom. The maximum atomic E-state index is 13.2. The van der Waals surface area contributed by atoms with Gasteiger partial charge in [0.25, 0.3) is 5.91 Å². The number of thiazole rings is 1. The van der Waals surface area contributed by atoms with Crippen LogP contribution in [0.1, 0.15) is 17.4 Å². The monoisotopic (exact) mass is 455 g/mol. The third kappa shape index (κ3) is 5.07. The van der Waals surface area contributed by atoms with Crippen LogP contribution in [0, 0.1) is 0 Å². The molecule has 0 radical (unpaired) electrons. The number of hydrogen-bond donors (Lipinski definition) is 0. The smallest absolute Gasteiger partial charge is 0.280 e. The van der Waals surface area contributed by atoms with Crippen molar-refractivity contribution < 1.29 is 9.53 Å². The molecule has 0 saturated carbocycles. The van der Waals surface area contributed by atoms with E-state index in [2.05, 4.69) is 15.0 Å². The van der Waals surface area contributed by atoms with Crippen LogP contribution >= 0.6 is 35.3 Å². The number of rotatable bonds is 6. The Hall–Kier alpha value is -1.71.